The summed E-state index contributed by atoms with van der Waals surface area (Å²) in [4.78, 5) is 10.8. The highest BCUT2D eigenvalue weighted by Gasteiger charge is 2.20. The quantitative estimate of drug-likeness (QED) is 0.603. The van der Waals surface area contributed by atoms with E-state index >= 15 is 0 Å². The zero-order valence-electron chi connectivity index (χ0n) is 6.67. The molecule has 0 bridgehead atoms. The second kappa shape index (κ2) is 2.80. The predicted molar refractivity (Wildman–Crippen MR) is 38.9 cm³/mol. The molecule has 2 N–H and O–H groups in total. The SMILES string of the molecule is COC(=O)c1nn(C)c(N)c1F. The molecule has 6 heteroatoms. The Balaban J connectivity index is 3.17. The smallest absolute Gasteiger partial charge is 0.361 e. The Morgan fingerprint density at radius 1 is 1.75 bits per heavy atom. The lowest BCUT2D eigenvalue weighted by Gasteiger charge is -1.91. The third-order valence-electron chi connectivity index (χ3n) is 1.41. The molecule has 0 saturated carbocycles. The van der Waals surface area contributed by atoms with Gasteiger partial charge in [0.05, 0.1) is 7.11 Å². The summed E-state index contributed by atoms with van der Waals surface area (Å²) in [6.07, 6.45) is 0. The Bertz CT molecular complexity index is 321. The van der Waals surface area contributed by atoms with Crippen LogP contribution in [0.1, 0.15) is 10.5 Å². The number of esters is 1. The molecule has 0 aromatic carbocycles. The minimum Gasteiger partial charge on any atom is -0.464 e. The standard InChI is InChI=1S/C6H8FN3O2/c1-10-5(8)3(7)4(9-10)6(11)12-2/h8H2,1-2H3. The van der Waals surface area contributed by atoms with E-state index in [1.165, 1.54) is 7.05 Å². The number of carbonyl (C=O) groups excluding carboxylic acids is 1. The number of aryl methyl sites for hydroxylation is 1. The second-order valence-electron chi connectivity index (χ2n) is 2.16. The molecule has 0 amide bonds. The number of methoxy groups -OCH3 is 1. The summed E-state index contributed by atoms with van der Waals surface area (Å²) in [6.45, 7) is 0. The van der Waals surface area contributed by atoms with E-state index in [0.717, 1.165) is 11.8 Å². The molecule has 0 aliphatic heterocycles. The Labute approximate surface area is 67.9 Å². The number of nitrogens with zero attached hydrogens (tertiary/aromatic N) is 2. The molecule has 1 heterocycles. The number of hydrogen-bond acceptors (Lipinski definition) is 4. The van der Waals surface area contributed by atoms with E-state index in [9.17, 15) is 9.18 Å². The highest BCUT2D eigenvalue weighted by molar-refractivity contribution is 5.88. The van der Waals surface area contributed by atoms with E-state index in [4.69, 9.17) is 5.73 Å². The summed E-state index contributed by atoms with van der Waals surface area (Å²) in [6, 6.07) is 0. The molecule has 0 aliphatic carbocycles. The van der Waals surface area contributed by atoms with Gasteiger partial charge in [0.15, 0.2) is 11.6 Å². The van der Waals surface area contributed by atoms with Gasteiger partial charge in [-0.3, -0.25) is 0 Å². The number of hydrogen-bond donors (Lipinski definition) is 1. The van der Waals surface area contributed by atoms with Crippen molar-refractivity contribution < 1.29 is 13.9 Å². The number of rotatable bonds is 1. The first kappa shape index (κ1) is 8.51. The summed E-state index contributed by atoms with van der Waals surface area (Å²) in [5.41, 5.74) is 4.82. The van der Waals surface area contributed by atoms with Gasteiger partial charge in [-0.2, -0.15) is 5.10 Å². The van der Waals surface area contributed by atoms with Crippen LogP contribution in [0.5, 0.6) is 0 Å². The fraction of sp³-hybridized carbons (Fsp3) is 0.333. The summed E-state index contributed by atoms with van der Waals surface area (Å²) >= 11 is 0. The second-order valence-corrected chi connectivity index (χ2v) is 2.16. The monoisotopic (exact) mass is 173 g/mol. The van der Waals surface area contributed by atoms with Crippen molar-refractivity contribution in [1.82, 2.24) is 9.78 Å². The number of nitrogen functional groups attached to an aromatic ring is 1. The van der Waals surface area contributed by atoms with Crippen molar-refractivity contribution in [3.05, 3.63) is 11.5 Å². The van der Waals surface area contributed by atoms with Crippen LogP contribution in [0.4, 0.5) is 10.2 Å². The van der Waals surface area contributed by atoms with Gasteiger partial charge in [0.2, 0.25) is 5.69 Å². The number of aromatic nitrogens is 2. The summed E-state index contributed by atoms with van der Waals surface area (Å²) in [7, 11) is 2.58. The lowest BCUT2D eigenvalue weighted by molar-refractivity contribution is 0.0588. The summed E-state index contributed by atoms with van der Waals surface area (Å²) in [5, 5.41) is 3.52. The largest absolute Gasteiger partial charge is 0.464 e. The first-order chi connectivity index (χ1) is 5.57. The normalized spacial score (nSPS) is 9.92. The molecule has 1 aromatic rings. The minimum atomic E-state index is -0.843. The van der Waals surface area contributed by atoms with E-state index < -0.39 is 17.5 Å². The predicted octanol–water partition coefficient (Wildman–Crippen LogP) is -0.0720. The third-order valence-corrected chi connectivity index (χ3v) is 1.41. The zero-order chi connectivity index (χ0) is 9.30. The van der Waals surface area contributed by atoms with Crippen LogP contribution in [0.15, 0.2) is 0 Å². The molecule has 0 radical (unpaired) electrons. The molecule has 0 aliphatic rings. The van der Waals surface area contributed by atoms with Gasteiger partial charge in [0.1, 0.15) is 0 Å². The first-order valence-electron chi connectivity index (χ1n) is 3.14. The van der Waals surface area contributed by atoms with Gasteiger partial charge in [-0.15, -0.1) is 0 Å². The molecule has 0 spiro atoms. The number of halogens is 1. The van der Waals surface area contributed by atoms with Crippen LogP contribution in [-0.4, -0.2) is 22.9 Å². The van der Waals surface area contributed by atoms with Gasteiger partial charge in [-0.05, 0) is 0 Å². The number of nitrogens with two attached hydrogens (primary N) is 1. The van der Waals surface area contributed by atoms with Crippen molar-refractivity contribution in [3.8, 4) is 0 Å². The first-order valence-corrected chi connectivity index (χ1v) is 3.14. The van der Waals surface area contributed by atoms with Crippen LogP contribution >= 0.6 is 0 Å². The molecular weight excluding hydrogens is 165 g/mol. The molecular formula is C6H8FN3O2. The molecule has 0 fully saturated rings. The zero-order valence-corrected chi connectivity index (χ0v) is 6.67. The van der Waals surface area contributed by atoms with E-state index in [-0.39, 0.29) is 5.82 Å². The number of carbonyl (C=O) groups is 1. The molecule has 0 unspecified atom stereocenters. The average molecular weight is 173 g/mol. The topological polar surface area (TPSA) is 70.1 Å². The van der Waals surface area contributed by atoms with Crippen LogP contribution in [0, 0.1) is 5.82 Å². The molecule has 1 aromatic heterocycles. The Morgan fingerprint density at radius 3 is 2.67 bits per heavy atom. The van der Waals surface area contributed by atoms with Gasteiger partial charge in [-0.25, -0.2) is 13.9 Å². The fourth-order valence-electron chi connectivity index (χ4n) is 0.738. The van der Waals surface area contributed by atoms with Crippen molar-refractivity contribution in [2.45, 2.75) is 0 Å². The minimum absolute atomic E-state index is 0.185. The van der Waals surface area contributed by atoms with Gasteiger partial charge in [0.25, 0.3) is 0 Å². The Morgan fingerprint density at radius 2 is 2.33 bits per heavy atom. The van der Waals surface area contributed by atoms with Crippen LogP contribution in [0.25, 0.3) is 0 Å². The third kappa shape index (κ3) is 1.11. The van der Waals surface area contributed by atoms with Gasteiger partial charge >= 0.3 is 5.97 Å². The lowest BCUT2D eigenvalue weighted by Crippen LogP contribution is -2.04. The van der Waals surface area contributed by atoms with Gasteiger partial charge in [0, 0.05) is 7.05 Å². The molecule has 0 atom stereocenters. The van der Waals surface area contributed by atoms with Crippen molar-refractivity contribution in [1.29, 1.82) is 0 Å². The molecule has 66 valence electrons. The van der Waals surface area contributed by atoms with Gasteiger partial charge < -0.3 is 10.5 Å². The maximum atomic E-state index is 13.0. The van der Waals surface area contributed by atoms with Crippen molar-refractivity contribution >= 4 is 11.8 Å². The highest BCUT2D eigenvalue weighted by atomic mass is 19.1. The lowest BCUT2D eigenvalue weighted by atomic mass is 10.4. The van der Waals surface area contributed by atoms with Gasteiger partial charge in [-0.1, -0.05) is 0 Å². The molecule has 1 rings (SSSR count). The molecule has 12 heavy (non-hydrogen) atoms. The number of anilines is 1. The van der Waals surface area contributed by atoms with E-state index in [1.54, 1.807) is 0 Å². The number of ether oxygens (including phenoxy) is 1. The van der Waals surface area contributed by atoms with Crippen molar-refractivity contribution in [2.24, 2.45) is 7.05 Å². The van der Waals surface area contributed by atoms with E-state index in [2.05, 4.69) is 9.84 Å². The van der Waals surface area contributed by atoms with Crippen LogP contribution in [-0.2, 0) is 11.8 Å². The molecule has 0 saturated heterocycles. The van der Waals surface area contributed by atoms with Crippen LogP contribution in [0.3, 0.4) is 0 Å². The van der Waals surface area contributed by atoms with Crippen LogP contribution < -0.4 is 5.73 Å². The van der Waals surface area contributed by atoms with Crippen molar-refractivity contribution in [2.75, 3.05) is 12.8 Å². The highest BCUT2D eigenvalue weighted by Crippen LogP contribution is 2.13. The maximum absolute atomic E-state index is 13.0. The molecule has 5 nitrogen and oxygen atoms in total. The Hall–Kier alpha value is -1.59. The maximum Gasteiger partial charge on any atom is 0.361 e. The Kier molecular flexibility index (Phi) is 1.99. The van der Waals surface area contributed by atoms with Crippen LogP contribution in [0.2, 0.25) is 0 Å². The fourth-order valence-corrected chi connectivity index (χ4v) is 0.738. The summed E-state index contributed by atoms with van der Waals surface area (Å²) in [5.74, 6) is -1.86. The average Bonchev–Trinajstić information content (AvgIpc) is 2.32. The summed E-state index contributed by atoms with van der Waals surface area (Å²) < 4.78 is 18.3. The van der Waals surface area contributed by atoms with E-state index in [1.807, 2.05) is 0 Å². The van der Waals surface area contributed by atoms with Crippen molar-refractivity contribution in [3.63, 3.8) is 0 Å². The van der Waals surface area contributed by atoms with E-state index in [0.29, 0.717) is 0 Å².